The number of amides is 2. The number of ether oxygens (including phenoxy) is 1. The van der Waals surface area contributed by atoms with E-state index >= 15 is 0 Å². The molecule has 3 heterocycles. The lowest BCUT2D eigenvalue weighted by Crippen LogP contribution is -2.38. The number of carboxylic acids is 1. The van der Waals surface area contributed by atoms with E-state index in [0.717, 1.165) is 17.0 Å². The van der Waals surface area contributed by atoms with E-state index in [1.165, 1.54) is 0 Å². The number of anilines is 1. The molecule has 0 radical (unpaired) electrons. The fraction of sp³-hybridized carbons (Fsp3) is 0.238. The third-order valence-electron chi connectivity index (χ3n) is 4.47. The van der Waals surface area contributed by atoms with Crippen molar-refractivity contribution in [3.63, 3.8) is 0 Å². The van der Waals surface area contributed by atoms with Crippen molar-refractivity contribution in [3.8, 4) is 5.75 Å². The number of para-hydroxylation sites is 1. The van der Waals surface area contributed by atoms with Gasteiger partial charge >= 0.3 is 18.2 Å². The minimum absolute atomic E-state index is 0.137. The first kappa shape index (κ1) is 23.6. The van der Waals surface area contributed by atoms with Crippen LogP contribution in [0.25, 0.3) is 0 Å². The van der Waals surface area contributed by atoms with Gasteiger partial charge < -0.3 is 24.6 Å². The van der Waals surface area contributed by atoms with Crippen LogP contribution in [-0.4, -0.2) is 44.9 Å². The van der Waals surface area contributed by atoms with E-state index in [1.807, 2.05) is 42.5 Å². The quantitative estimate of drug-likeness (QED) is 0.602. The lowest BCUT2D eigenvalue weighted by atomic mass is 10.1. The van der Waals surface area contributed by atoms with Crippen molar-refractivity contribution in [1.29, 1.82) is 0 Å². The van der Waals surface area contributed by atoms with E-state index < -0.39 is 12.1 Å². The molecule has 1 aliphatic rings. The lowest BCUT2D eigenvalue weighted by molar-refractivity contribution is -0.192. The van der Waals surface area contributed by atoms with Crippen molar-refractivity contribution >= 4 is 17.7 Å². The van der Waals surface area contributed by atoms with E-state index in [4.69, 9.17) is 19.2 Å². The Labute approximate surface area is 185 Å². The van der Waals surface area contributed by atoms with Crippen LogP contribution in [0.4, 0.5) is 23.7 Å². The predicted octanol–water partition coefficient (Wildman–Crippen LogP) is 3.87. The summed E-state index contributed by atoms with van der Waals surface area (Å²) in [5, 5.41) is 14.1. The van der Waals surface area contributed by atoms with Gasteiger partial charge in [-0.2, -0.15) is 13.2 Å². The van der Waals surface area contributed by atoms with Crippen molar-refractivity contribution in [3.05, 3.63) is 71.9 Å². The van der Waals surface area contributed by atoms with Crippen LogP contribution < -0.4 is 10.1 Å². The van der Waals surface area contributed by atoms with Crippen molar-refractivity contribution in [1.82, 2.24) is 15.0 Å². The maximum atomic E-state index is 12.5. The van der Waals surface area contributed by atoms with Gasteiger partial charge in [0.2, 0.25) is 0 Å². The second kappa shape index (κ2) is 10.5. The smallest absolute Gasteiger partial charge is 0.486 e. The number of fused-ring (bicyclic) bond motifs is 1. The predicted molar refractivity (Wildman–Crippen MR) is 108 cm³/mol. The molecule has 1 aromatic carbocycles. The Balaban J connectivity index is 0.000000383. The Morgan fingerprint density at radius 3 is 2.55 bits per heavy atom. The number of hydrogen-bond acceptors (Lipinski definition) is 6. The topological polar surface area (TPSA) is 118 Å². The van der Waals surface area contributed by atoms with Gasteiger partial charge in [0.15, 0.2) is 0 Å². The number of benzene rings is 1. The minimum Gasteiger partial charge on any atom is -0.486 e. The molecule has 0 unspecified atom stereocenters. The molecule has 2 N–H and O–H groups in total. The molecule has 3 aromatic rings. The molecular formula is C21H19F3N4O5. The molecule has 0 aliphatic carbocycles. The largest absolute Gasteiger partial charge is 0.490 e. The number of alkyl halides is 3. The summed E-state index contributed by atoms with van der Waals surface area (Å²) in [4.78, 5) is 27.2. The highest BCUT2D eigenvalue weighted by Crippen LogP contribution is 2.24. The van der Waals surface area contributed by atoms with Crippen LogP contribution in [0.5, 0.6) is 5.75 Å². The zero-order chi connectivity index (χ0) is 23.8. The van der Waals surface area contributed by atoms with Gasteiger partial charge in [0.25, 0.3) is 0 Å². The molecule has 12 heteroatoms. The number of urea groups is 1. The molecule has 0 saturated heterocycles. The summed E-state index contributed by atoms with van der Waals surface area (Å²) < 4.78 is 42.9. The summed E-state index contributed by atoms with van der Waals surface area (Å²) >= 11 is 0. The van der Waals surface area contributed by atoms with E-state index in [-0.39, 0.29) is 12.6 Å². The molecule has 0 fully saturated rings. The number of halogens is 3. The number of carbonyl (C=O) groups is 2. The van der Waals surface area contributed by atoms with Gasteiger partial charge in [-0.15, -0.1) is 0 Å². The van der Waals surface area contributed by atoms with Gasteiger partial charge in [0.1, 0.15) is 23.8 Å². The number of pyridine rings is 1. The molecule has 0 bridgehead atoms. The van der Waals surface area contributed by atoms with Crippen LogP contribution >= 0.6 is 0 Å². The third kappa shape index (κ3) is 6.69. The van der Waals surface area contributed by atoms with Crippen molar-refractivity contribution in [2.45, 2.75) is 25.7 Å². The summed E-state index contributed by atoms with van der Waals surface area (Å²) in [5.41, 5.74) is 2.40. The Bertz CT molecular complexity index is 1070. The highest BCUT2D eigenvalue weighted by atomic mass is 19.4. The van der Waals surface area contributed by atoms with Gasteiger partial charge in [-0.05, 0) is 24.3 Å². The van der Waals surface area contributed by atoms with Crippen molar-refractivity contribution in [2.24, 2.45) is 0 Å². The Kier molecular flexibility index (Phi) is 7.49. The first-order chi connectivity index (χ1) is 15.7. The van der Waals surface area contributed by atoms with Crippen LogP contribution in [0.1, 0.15) is 17.0 Å². The van der Waals surface area contributed by atoms with Gasteiger partial charge in [-0.25, -0.2) is 9.59 Å². The average Bonchev–Trinajstić information content (AvgIpc) is 3.21. The summed E-state index contributed by atoms with van der Waals surface area (Å²) in [6, 6.07) is 12.9. The Hall–Kier alpha value is -4.09. The second-order valence-corrected chi connectivity index (χ2v) is 6.78. The molecule has 2 aromatic heterocycles. The molecule has 0 spiro atoms. The highest BCUT2D eigenvalue weighted by molar-refractivity contribution is 5.89. The standard InChI is InChI=1S/C19H18N4O3.C2HF3O2/c24-19(21-14-5-2-1-3-6-14)23-10-8-18-16(12-23)17(22-26-18)13-25-15-7-4-9-20-11-15;3-2(4,5)1(6)7/h1-7,9,11H,8,10,12-13H2,(H,21,24);(H,6,7). The number of carbonyl (C=O) groups excluding carboxylic acids is 1. The van der Waals surface area contributed by atoms with Crippen LogP contribution in [0, 0.1) is 0 Å². The molecule has 9 nitrogen and oxygen atoms in total. The number of rotatable bonds is 4. The average molecular weight is 464 g/mol. The number of aromatic nitrogens is 2. The van der Waals surface area contributed by atoms with Crippen LogP contribution in [-0.2, 0) is 24.4 Å². The fourth-order valence-electron chi connectivity index (χ4n) is 2.86. The van der Waals surface area contributed by atoms with Crippen molar-refractivity contribution < 1.29 is 37.1 Å². The maximum absolute atomic E-state index is 12.5. The molecular weight excluding hydrogens is 445 g/mol. The molecule has 4 rings (SSSR count). The number of aliphatic carboxylic acids is 1. The molecule has 2 amide bonds. The Morgan fingerprint density at radius 1 is 1.18 bits per heavy atom. The van der Waals surface area contributed by atoms with E-state index in [9.17, 15) is 18.0 Å². The molecule has 33 heavy (non-hydrogen) atoms. The summed E-state index contributed by atoms with van der Waals surface area (Å²) in [6.45, 7) is 1.31. The molecule has 0 saturated carbocycles. The zero-order valence-corrected chi connectivity index (χ0v) is 17.1. The number of hydrogen-bond donors (Lipinski definition) is 2. The van der Waals surface area contributed by atoms with Crippen molar-refractivity contribution in [2.75, 3.05) is 11.9 Å². The van der Waals surface area contributed by atoms with Crippen LogP contribution in [0.2, 0.25) is 0 Å². The summed E-state index contributed by atoms with van der Waals surface area (Å²) in [7, 11) is 0. The third-order valence-corrected chi connectivity index (χ3v) is 4.47. The fourth-order valence-corrected chi connectivity index (χ4v) is 2.86. The maximum Gasteiger partial charge on any atom is 0.490 e. The van der Waals surface area contributed by atoms with Gasteiger partial charge in [0, 0.05) is 30.4 Å². The summed E-state index contributed by atoms with van der Waals surface area (Å²) in [6.07, 6.45) is -1.11. The van der Waals surface area contributed by atoms with Crippen LogP contribution in [0.15, 0.2) is 59.4 Å². The molecule has 174 valence electrons. The molecule has 0 atom stereocenters. The number of nitrogens with one attached hydrogen (secondary N) is 1. The van der Waals surface area contributed by atoms with Crippen LogP contribution in [0.3, 0.4) is 0 Å². The van der Waals surface area contributed by atoms with E-state index in [0.29, 0.717) is 31.0 Å². The lowest BCUT2D eigenvalue weighted by Gasteiger charge is -2.26. The van der Waals surface area contributed by atoms with Gasteiger partial charge in [-0.1, -0.05) is 23.4 Å². The first-order valence-electron chi connectivity index (χ1n) is 9.64. The van der Waals surface area contributed by atoms with Gasteiger partial charge in [0.05, 0.1) is 12.7 Å². The highest BCUT2D eigenvalue weighted by Gasteiger charge is 2.38. The summed E-state index contributed by atoms with van der Waals surface area (Å²) in [5.74, 6) is -1.27. The number of nitrogens with zero attached hydrogens (tertiary/aromatic N) is 3. The zero-order valence-electron chi connectivity index (χ0n) is 17.1. The monoisotopic (exact) mass is 464 g/mol. The molecule has 1 aliphatic heterocycles. The normalized spacial score (nSPS) is 12.8. The minimum atomic E-state index is -5.08. The van der Waals surface area contributed by atoms with E-state index in [2.05, 4.69) is 15.5 Å². The SMILES string of the molecule is O=C(Nc1ccccc1)N1CCc2onc(COc3cccnc3)c2C1.O=C(O)C(F)(F)F. The Morgan fingerprint density at radius 2 is 1.91 bits per heavy atom. The van der Waals surface area contributed by atoms with Gasteiger partial charge in [-0.3, -0.25) is 4.98 Å². The second-order valence-electron chi connectivity index (χ2n) is 6.78. The van der Waals surface area contributed by atoms with E-state index in [1.54, 1.807) is 17.3 Å². The first-order valence-corrected chi connectivity index (χ1v) is 9.64. The number of carboxylic acid groups (broad SMARTS) is 1.